The van der Waals surface area contributed by atoms with Gasteiger partial charge in [0.2, 0.25) is 0 Å². The summed E-state index contributed by atoms with van der Waals surface area (Å²) in [6.07, 6.45) is 5.64. The van der Waals surface area contributed by atoms with Gasteiger partial charge in [0.1, 0.15) is 0 Å². The smallest absolute Gasteiger partial charge is 0.0253 e. The lowest BCUT2D eigenvalue weighted by atomic mass is 9.90. The van der Waals surface area contributed by atoms with Crippen LogP contribution in [-0.4, -0.2) is 35.1 Å². The highest BCUT2D eigenvalue weighted by Gasteiger charge is 2.42. The third-order valence-corrected chi connectivity index (χ3v) is 4.35. The quantitative estimate of drug-likeness (QED) is 0.715. The highest BCUT2D eigenvalue weighted by Crippen LogP contribution is 2.37. The minimum absolute atomic E-state index is 0.290. The van der Waals surface area contributed by atoms with Gasteiger partial charge in [0.15, 0.2) is 0 Å². The number of nitrogens with zero attached hydrogens (tertiary/aromatic N) is 1. The Labute approximate surface area is 94.4 Å². The molecule has 2 nitrogen and oxygen atoms in total. The van der Waals surface area contributed by atoms with Crippen molar-refractivity contribution in [3.05, 3.63) is 0 Å². The molecule has 0 aromatic carbocycles. The van der Waals surface area contributed by atoms with Crippen LogP contribution in [0.4, 0.5) is 0 Å². The van der Waals surface area contributed by atoms with E-state index < -0.39 is 0 Å². The van der Waals surface area contributed by atoms with Crippen LogP contribution in [0.1, 0.15) is 53.4 Å². The SMILES string of the molecule is CC1CNC(C)(C)CN1C1(C)CCCC1. The zero-order valence-electron chi connectivity index (χ0n) is 10.8. The van der Waals surface area contributed by atoms with Crippen molar-refractivity contribution in [3.63, 3.8) is 0 Å². The molecule has 1 aliphatic heterocycles. The lowest BCUT2D eigenvalue weighted by Gasteiger charge is -2.51. The Bertz CT molecular complexity index is 229. The van der Waals surface area contributed by atoms with Crippen LogP contribution >= 0.6 is 0 Å². The maximum absolute atomic E-state index is 3.64. The van der Waals surface area contributed by atoms with Crippen LogP contribution < -0.4 is 5.32 Å². The van der Waals surface area contributed by atoms with Crippen LogP contribution in [0.5, 0.6) is 0 Å². The largest absolute Gasteiger partial charge is 0.309 e. The van der Waals surface area contributed by atoms with Crippen LogP contribution in [0.15, 0.2) is 0 Å². The number of hydrogen-bond acceptors (Lipinski definition) is 2. The molecule has 2 heteroatoms. The maximum atomic E-state index is 3.64. The summed E-state index contributed by atoms with van der Waals surface area (Å²) in [7, 11) is 0. The van der Waals surface area contributed by atoms with Gasteiger partial charge in [-0.15, -0.1) is 0 Å². The number of piperazine rings is 1. The Balaban J connectivity index is 2.11. The summed E-state index contributed by atoms with van der Waals surface area (Å²) in [5.74, 6) is 0. The fourth-order valence-electron chi connectivity index (χ4n) is 3.32. The zero-order valence-corrected chi connectivity index (χ0v) is 10.8. The number of nitrogens with one attached hydrogen (secondary N) is 1. The van der Waals surface area contributed by atoms with Crippen LogP contribution in [0, 0.1) is 0 Å². The van der Waals surface area contributed by atoms with Gasteiger partial charge in [-0.1, -0.05) is 12.8 Å². The average Bonchev–Trinajstić information content (AvgIpc) is 2.58. The van der Waals surface area contributed by atoms with Crippen molar-refractivity contribution in [2.75, 3.05) is 13.1 Å². The third-order valence-electron chi connectivity index (χ3n) is 4.35. The molecule has 0 bridgehead atoms. The predicted octanol–water partition coefficient (Wildman–Crippen LogP) is 2.39. The Morgan fingerprint density at radius 2 is 1.73 bits per heavy atom. The first-order valence-corrected chi connectivity index (χ1v) is 6.45. The molecule has 1 aliphatic carbocycles. The monoisotopic (exact) mass is 210 g/mol. The highest BCUT2D eigenvalue weighted by atomic mass is 15.3. The predicted molar refractivity (Wildman–Crippen MR) is 65.1 cm³/mol. The molecule has 0 spiro atoms. The minimum atomic E-state index is 0.290. The van der Waals surface area contributed by atoms with Gasteiger partial charge in [0.25, 0.3) is 0 Å². The van der Waals surface area contributed by atoms with Crippen LogP contribution in [-0.2, 0) is 0 Å². The lowest BCUT2D eigenvalue weighted by molar-refractivity contribution is 0.0104. The normalized spacial score (nSPS) is 35.6. The minimum Gasteiger partial charge on any atom is -0.309 e. The molecule has 0 aromatic heterocycles. The van der Waals surface area contributed by atoms with Gasteiger partial charge in [-0.05, 0) is 40.5 Å². The van der Waals surface area contributed by atoms with Crippen molar-refractivity contribution in [1.82, 2.24) is 10.2 Å². The fraction of sp³-hybridized carbons (Fsp3) is 1.00. The molecule has 2 rings (SSSR count). The van der Waals surface area contributed by atoms with E-state index in [2.05, 4.69) is 37.9 Å². The summed E-state index contributed by atoms with van der Waals surface area (Å²) in [4.78, 5) is 2.76. The molecule has 88 valence electrons. The van der Waals surface area contributed by atoms with Crippen molar-refractivity contribution < 1.29 is 0 Å². The molecule has 1 heterocycles. The van der Waals surface area contributed by atoms with Crippen LogP contribution in [0.25, 0.3) is 0 Å². The van der Waals surface area contributed by atoms with Gasteiger partial charge in [-0.25, -0.2) is 0 Å². The summed E-state index contributed by atoms with van der Waals surface area (Å²) in [5.41, 5.74) is 0.775. The molecule has 1 unspecified atom stereocenters. The standard InChI is InChI=1S/C13H26N2/c1-11-9-14-12(2,3)10-15(11)13(4)7-5-6-8-13/h11,14H,5-10H2,1-4H3. The van der Waals surface area contributed by atoms with Crippen molar-refractivity contribution in [3.8, 4) is 0 Å². The van der Waals surface area contributed by atoms with Gasteiger partial charge in [0.05, 0.1) is 0 Å². The maximum Gasteiger partial charge on any atom is 0.0253 e. The molecule has 1 N–H and O–H groups in total. The van der Waals surface area contributed by atoms with Gasteiger partial charge in [-0.2, -0.15) is 0 Å². The molecule has 0 radical (unpaired) electrons. The molecule has 2 fully saturated rings. The highest BCUT2D eigenvalue weighted by molar-refractivity contribution is 5.00. The first-order chi connectivity index (χ1) is 6.93. The van der Waals surface area contributed by atoms with E-state index in [1.54, 1.807) is 0 Å². The topological polar surface area (TPSA) is 15.3 Å². The molecule has 1 saturated carbocycles. The zero-order chi connectivity index (χ0) is 11.1. The number of hydrogen-bond donors (Lipinski definition) is 1. The molecule has 1 atom stereocenters. The van der Waals surface area contributed by atoms with Gasteiger partial charge in [-0.3, -0.25) is 4.90 Å². The molecular formula is C13H26N2. The van der Waals surface area contributed by atoms with E-state index in [0.717, 1.165) is 6.54 Å². The summed E-state index contributed by atoms with van der Waals surface area (Å²) in [5, 5.41) is 3.64. The van der Waals surface area contributed by atoms with E-state index in [4.69, 9.17) is 0 Å². The van der Waals surface area contributed by atoms with E-state index in [1.807, 2.05) is 0 Å². The third kappa shape index (κ3) is 2.21. The Morgan fingerprint density at radius 3 is 2.33 bits per heavy atom. The number of rotatable bonds is 1. The van der Waals surface area contributed by atoms with Crippen molar-refractivity contribution in [2.45, 2.75) is 70.5 Å². The molecule has 0 amide bonds. The van der Waals surface area contributed by atoms with E-state index in [-0.39, 0.29) is 5.54 Å². The first-order valence-electron chi connectivity index (χ1n) is 6.45. The Hall–Kier alpha value is -0.0800. The van der Waals surface area contributed by atoms with E-state index in [1.165, 1.54) is 32.2 Å². The average molecular weight is 210 g/mol. The van der Waals surface area contributed by atoms with Crippen molar-refractivity contribution in [1.29, 1.82) is 0 Å². The summed E-state index contributed by atoms with van der Waals surface area (Å²) < 4.78 is 0. The van der Waals surface area contributed by atoms with Gasteiger partial charge < -0.3 is 5.32 Å². The Kier molecular flexibility index (Phi) is 2.85. The summed E-state index contributed by atoms with van der Waals surface area (Å²) >= 11 is 0. The summed E-state index contributed by atoms with van der Waals surface area (Å²) in [6.45, 7) is 11.8. The molecule has 2 aliphatic rings. The molecule has 0 aromatic rings. The lowest BCUT2D eigenvalue weighted by Crippen LogP contribution is -2.65. The molecule has 1 saturated heterocycles. The van der Waals surface area contributed by atoms with Crippen LogP contribution in [0.3, 0.4) is 0 Å². The molecule has 15 heavy (non-hydrogen) atoms. The van der Waals surface area contributed by atoms with Crippen molar-refractivity contribution in [2.24, 2.45) is 0 Å². The van der Waals surface area contributed by atoms with E-state index in [0.29, 0.717) is 11.6 Å². The van der Waals surface area contributed by atoms with Crippen molar-refractivity contribution >= 4 is 0 Å². The second-order valence-electron chi connectivity index (χ2n) is 6.45. The summed E-state index contributed by atoms with van der Waals surface area (Å²) in [6, 6.07) is 0.695. The first kappa shape index (κ1) is 11.4. The second kappa shape index (κ2) is 3.74. The second-order valence-corrected chi connectivity index (χ2v) is 6.45. The van der Waals surface area contributed by atoms with E-state index >= 15 is 0 Å². The fourth-order valence-corrected chi connectivity index (χ4v) is 3.32. The van der Waals surface area contributed by atoms with E-state index in [9.17, 15) is 0 Å². The van der Waals surface area contributed by atoms with Crippen LogP contribution in [0.2, 0.25) is 0 Å². The molecular weight excluding hydrogens is 184 g/mol. The Morgan fingerprint density at radius 1 is 1.13 bits per heavy atom. The van der Waals surface area contributed by atoms with Gasteiger partial charge >= 0.3 is 0 Å². The van der Waals surface area contributed by atoms with Gasteiger partial charge in [0, 0.05) is 30.2 Å².